The van der Waals surface area contributed by atoms with Crippen LogP contribution in [-0.2, 0) is 4.79 Å². The maximum absolute atomic E-state index is 12.4. The Labute approximate surface area is 149 Å². The van der Waals surface area contributed by atoms with Gasteiger partial charge >= 0.3 is 0 Å². The second-order valence-electron chi connectivity index (χ2n) is 6.85. The van der Waals surface area contributed by atoms with Gasteiger partial charge in [0, 0.05) is 25.7 Å². The van der Waals surface area contributed by atoms with Gasteiger partial charge in [-0.15, -0.1) is 6.58 Å². The topological polar surface area (TPSA) is 50.2 Å². The largest absolute Gasteiger partial charge is 0.352 e. The van der Waals surface area contributed by atoms with Crippen LogP contribution in [0, 0.1) is 5.92 Å². The average molecular weight is 340 g/mol. The molecule has 1 aromatic carbocycles. The van der Waals surface area contributed by atoms with Gasteiger partial charge in [0.1, 0.15) is 0 Å². The molecule has 1 amide bonds. The van der Waals surface area contributed by atoms with Gasteiger partial charge in [-0.3, -0.25) is 4.79 Å². The van der Waals surface area contributed by atoms with E-state index in [4.69, 9.17) is 4.98 Å². The first kappa shape index (κ1) is 17.5. The van der Waals surface area contributed by atoms with Gasteiger partial charge in [0.15, 0.2) is 0 Å². The lowest BCUT2D eigenvalue weighted by Crippen LogP contribution is -2.44. The van der Waals surface area contributed by atoms with Crippen LogP contribution in [0.5, 0.6) is 0 Å². The summed E-state index contributed by atoms with van der Waals surface area (Å²) >= 11 is 0. The normalized spacial score (nSPS) is 19.0. The number of carbonyl (C=O) groups excluding carboxylic acids is 1. The molecule has 134 valence electrons. The number of rotatable bonds is 6. The van der Waals surface area contributed by atoms with Crippen molar-refractivity contribution in [3.63, 3.8) is 0 Å². The summed E-state index contributed by atoms with van der Waals surface area (Å²) in [5, 5.41) is 2.94. The number of nitrogens with zero attached hydrogens (tertiary/aromatic N) is 3. The summed E-state index contributed by atoms with van der Waals surface area (Å²) < 4.78 is 2.33. The van der Waals surface area contributed by atoms with Gasteiger partial charge in [0.25, 0.3) is 0 Å². The summed E-state index contributed by atoms with van der Waals surface area (Å²) in [5.41, 5.74) is 2.20. The van der Waals surface area contributed by atoms with Crippen LogP contribution in [0.4, 0.5) is 5.95 Å². The maximum Gasteiger partial charge on any atom is 0.225 e. The summed E-state index contributed by atoms with van der Waals surface area (Å²) in [6.07, 6.45) is 4.71. The first-order valence-electron chi connectivity index (χ1n) is 9.26. The number of piperidine rings is 1. The second kappa shape index (κ2) is 7.72. The molecule has 0 saturated carbocycles. The number of benzene rings is 1. The molecule has 5 nitrogen and oxygen atoms in total. The fourth-order valence-corrected chi connectivity index (χ4v) is 3.56. The quantitative estimate of drug-likeness (QED) is 0.819. The van der Waals surface area contributed by atoms with Gasteiger partial charge in [-0.25, -0.2) is 4.98 Å². The van der Waals surface area contributed by atoms with Gasteiger partial charge in [-0.05, 0) is 38.3 Å². The number of hydrogen-bond acceptors (Lipinski definition) is 3. The van der Waals surface area contributed by atoms with Crippen LogP contribution in [0.25, 0.3) is 11.0 Å². The van der Waals surface area contributed by atoms with Crippen LogP contribution in [0.2, 0.25) is 0 Å². The highest BCUT2D eigenvalue weighted by molar-refractivity contribution is 5.81. The molecule has 0 aliphatic carbocycles. The zero-order valence-electron chi connectivity index (χ0n) is 15.2. The van der Waals surface area contributed by atoms with Crippen molar-refractivity contribution in [3.8, 4) is 0 Å². The summed E-state index contributed by atoms with van der Waals surface area (Å²) in [6.45, 7) is 10.3. The van der Waals surface area contributed by atoms with Gasteiger partial charge in [-0.2, -0.15) is 0 Å². The molecule has 1 aliphatic rings. The van der Waals surface area contributed by atoms with Crippen LogP contribution < -0.4 is 10.2 Å². The van der Waals surface area contributed by atoms with Gasteiger partial charge in [0.2, 0.25) is 11.9 Å². The molecule has 2 unspecified atom stereocenters. The number of aromatic nitrogens is 2. The van der Waals surface area contributed by atoms with Crippen molar-refractivity contribution in [2.45, 2.75) is 39.2 Å². The summed E-state index contributed by atoms with van der Waals surface area (Å²) in [4.78, 5) is 19.6. The third kappa shape index (κ3) is 3.55. The lowest BCUT2D eigenvalue weighted by molar-refractivity contribution is -0.125. The number of hydrogen-bond donors (Lipinski definition) is 1. The predicted octanol–water partition coefficient (Wildman–Crippen LogP) is 3.53. The standard InChI is InChI=1S/C20H28N4O/c1-4-12-21-19(25)16-9-8-13-23(14-16)20-22-17-10-6-7-11-18(17)24(20)15(3)5-2/h4,6-7,10-11,15-16H,1,5,8-9,12-14H2,2-3H3,(H,21,25). The van der Waals surface area contributed by atoms with Gasteiger partial charge < -0.3 is 14.8 Å². The van der Waals surface area contributed by atoms with Crippen LogP contribution in [0.1, 0.15) is 39.2 Å². The zero-order chi connectivity index (χ0) is 17.8. The third-order valence-corrected chi connectivity index (χ3v) is 5.10. The first-order chi connectivity index (χ1) is 12.2. The van der Waals surface area contributed by atoms with E-state index < -0.39 is 0 Å². The van der Waals surface area contributed by atoms with E-state index in [9.17, 15) is 4.79 Å². The van der Waals surface area contributed by atoms with Crippen LogP contribution in [0.15, 0.2) is 36.9 Å². The van der Waals surface area contributed by atoms with E-state index in [1.165, 1.54) is 5.52 Å². The Balaban J connectivity index is 1.90. The number of anilines is 1. The predicted molar refractivity (Wildman–Crippen MR) is 103 cm³/mol. The maximum atomic E-state index is 12.4. The fraction of sp³-hybridized carbons (Fsp3) is 0.500. The molecule has 2 heterocycles. The molecule has 2 aromatic rings. The molecule has 3 rings (SSSR count). The lowest BCUT2D eigenvalue weighted by Gasteiger charge is -2.34. The first-order valence-corrected chi connectivity index (χ1v) is 9.26. The highest BCUT2D eigenvalue weighted by Gasteiger charge is 2.29. The van der Waals surface area contributed by atoms with Crippen molar-refractivity contribution < 1.29 is 4.79 Å². The monoisotopic (exact) mass is 340 g/mol. The van der Waals surface area contributed by atoms with E-state index in [-0.39, 0.29) is 11.8 Å². The second-order valence-corrected chi connectivity index (χ2v) is 6.85. The number of fused-ring (bicyclic) bond motifs is 1. The number of nitrogens with one attached hydrogen (secondary N) is 1. The average Bonchev–Trinajstić information content (AvgIpc) is 3.05. The molecular formula is C20H28N4O. The SMILES string of the molecule is C=CCNC(=O)C1CCCN(c2nc3ccccc3n2C(C)CC)C1. The summed E-state index contributed by atoms with van der Waals surface area (Å²) in [7, 11) is 0. The smallest absolute Gasteiger partial charge is 0.225 e. The van der Waals surface area contributed by atoms with Gasteiger partial charge in [-0.1, -0.05) is 25.1 Å². The summed E-state index contributed by atoms with van der Waals surface area (Å²) in [5.74, 6) is 1.13. The van der Waals surface area contributed by atoms with E-state index in [1.807, 2.05) is 6.07 Å². The Morgan fingerprint density at radius 1 is 1.48 bits per heavy atom. The van der Waals surface area contributed by atoms with E-state index in [0.717, 1.165) is 43.8 Å². The third-order valence-electron chi connectivity index (χ3n) is 5.10. The van der Waals surface area contributed by atoms with Crippen molar-refractivity contribution in [2.75, 3.05) is 24.5 Å². The highest BCUT2D eigenvalue weighted by Crippen LogP contribution is 2.31. The molecule has 1 aliphatic heterocycles. The van der Waals surface area contributed by atoms with E-state index in [2.05, 4.69) is 53.4 Å². The Bertz CT molecular complexity index is 751. The molecule has 2 atom stereocenters. The molecule has 5 heteroatoms. The Kier molecular flexibility index (Phi) is 5.41. The van der Waals surface area contributed by atoms with E-state index >= 15 is 0 Å². The Morgan fingerprint density at radius 2 is 2.28 bits per heavy atom. The number of imidazole rings is 1. The molecule has 25 heavy (non-hydrogen) atoms. The minimum absolute atomic E-state index is 0.0129. The number of amides is 1. The van der Waals surface area contributed by atoms with Crippen molar-refractivity contribution >= 4 is 22.9 Å². The highest BCUT2D eigenvalue weighted by atomic mass is 16.1. The molecule has 0 radical (unpaired) electrons. The van der Waals surface area contributed by atoms with Gasteiger partial charge in [0.05, 0.1) is 17.0 Å². The fourth-order valence-electron chi connectivity index (χ4n) is 3.56. The van der Waals surface area contributed by atoms with E-state index in [0.29, 0.717) is 12.6 Å². The van der Waals surface area contributed by atoms with Crippen molar-refractivity contribution in [1.82, 2.24) is 14.9 Å². The lowest BCUT2D eigenvalue weighted by atomic mass is 9.97. The van der Waals surface area contributed by atoms with Crippen LogP contribution in [0.3, 0.4) is 0 Å². The van der Waals surface area contributed by atoms with E-state index in [1.54, 1.807) is 6.08 Å². The van der Waals surface area contributed by atoms with Crippen molar-refractivity contribution in [1.29, 1.82) is 0 Å². The van der Waals surface area contributed by atoms with Crippen LogP contribution in [-0.4, -0.2) is 35.1 Å². The molecule has 1 fully saturated rings. The Hall–Kier alpha value is -2.30. The number of carbonyl (C=O) groups is 1. The summed E-state index contributed by atoms with van der Waals surface area (Å²) in [6, 6.07) is 8.67. The van der Waals surface area contributed by atoms with Crippen molar-refractivity contribution in [3.05, 3.63) is 36.9 Å². The van der Waals surface area contributed by atoms with Crippen LogP contribution >= 0.6 is 0 Å². The van der Waals surface area contributed by atoms with Crippen molar-refractivity contribution in [2.24, 2.45) is 5.92 Å². The zero-order valence-corrected chi connectivity index (χ0v) is 15.2. The minimum Gasteiger partial charge on any atom is -0.352 e. The Morgan fingerprint density at radius 3 is 3.04 bits per heavy atom. The molecule has 1 aromatic heterocycles. The molecule has 1 saturated heterocycles. The molecule has 1 N–H and O–H groups in total. The molecular weight excluding hydrogens is 312 g/mol. The molecule has 0 spiro atoms. The number of para-hydroxylation sites is 2. The molecule has 0 bridgehead atoms. The minimum atomic E-state index is 0.0129.